The van der Waals surface area contributed by atoms with Crippen LogP contribution in [0, 0.1) is 13.8 Å². The number of benzene rings is 1. The van der Waals surface area contributed by atoms with Gasteiger partial charge in [-0.2, -0.15) is 0 Å². The van der Waals surface area contributed by atoms with Crippen LogP contribution in [0.25, 0.3) is 22.6 Å². The van der Waals surface area contributed by atoms with Crippen molar-refractivity contribution in [3.8, 4) is 11.4 Å². The van der Waals surface area contributed by atoms with Gasteiger partial charge in [0.15, 0.2) is 5.65 Å². The van der Waals surface area contributed by atoms with Gasteiger partial charge in [-0.3, -0.25) is 0 Å². The molecule has 0 atom stereocenters. The molecule has 3 rings (SSSR count). The number of aromatic nitrogens is 3. The number of thiocarbonyl (C=S) groups is 1. The summed E-state index contributed by atoms with van der Waals surface area (Å²) in [6.07, 6.45) is 2.50. The summed E-state index contributed by atoms with van der Waals surface area (Å²) in [6.45, 7) is 4.78. The molecular formula is C17H18N4S. The van der Waals surface area contributed by atoms with E-state index in [4.69, 9.17) is 22.9 Å². The standard InChI is InChI=1S/C17H18N4S/c1-11-4-3-5-13(8-11)16-20-14-9-12(2)10-19-17(14)21(16)7-6-15(18)22/h3-5,8-10H,6-7H2,1-2H3,(H2,18,22). The van der Waals surface area contributed by atoms with Gasteiger partial charge >= 0.3 is 0 Å². The Balaban J connectivity index is 2.18. The molecule has 0 aliphatic heterocycles. The zero-order valence-electron chi connectivity index (χ0n) is 12.7. The maximum absolute atomic E-state index is 5.67. The number of hydrogen-bond acceptors (Lipinski definition) is 3. The number of pyridine rings is 1. The van der Waals surface area contributed by atoms with Crippen molar-refractivity contribution in [2.75, 3.05) is 0 Å². The maximum Gasteiger partial charge on any atom is 0.160 e. The molecular weight excluding hydrogens is 292 g/mol. The molecule has 3 aromatic rings. The van der Waals surface area contributed by atoms with Gasteiger partial charge in [-0.25, -0.2) is 9.97 Å². The molecule has 0 aliphatic rings. The summed E-state index contributed by atoms with van der Waals surface area (Å²) in [5.41, 5.74) is 10.8. The second kappa shape index (κ2) is 5.85. The molecule has 2 N–H and O–H groups in total. The quantitative estimate of drug-likeness (QED) is 0.750. The van der Waals surface area contributed by atoms with E-state index < -0.39 is 0 Å². The van der Waals surface area contributed by atoms with E-state index in [1.165, 1.54) is 5.56 Å². The second-order valence-corrected chi connectivity index (χ2v) is 6.05. The molecule has 0 radical (unpaired) electrons. The normalized spacial score (nSPS) is 11.0. The van der Waals surface area contributed by atoms with Gasteiger partial charge in [0.1, 0.15) is 11.3 Å². The van der Waals surface area contributed by atoms with Crippen molar-refractivity contribution in [2.24, 2.45) is 5.73 Å². The molecule has 0 fully saturated rings. The minimum Gasteiger partial charge on any atom is -0.393 e. The van der Waals surface area contributed by atoms with Crippen molar-refractivity contribution < 1.29 is 0 Å². The lowest BCUT2D eigenvalue weighted by atomic mass is 10.1. The third-order valence-electron chi connectivity index (χ3n) is 3.58. The lowest BCUT2D eigenvalue weighted by Crippen LogP contribution is -2.12. The zero-order chi connectivity index (χ0) is 15.7. The minimum absolute atomic E-state index is 0.504. The van der Waals surface area contributed by atoms with Crippen molar-refractivity contribution in [2.45, 2.75) is 26.8 Å². The van der Waals surface area contributed by atoms with E-state index in [-0.39, 0.29) is 0 Å². The zero-order valence-corrected chi connectivity index (χ0v) is 13.5. The monoisotopic (exact) mass is 310 g/mol. The van der Waals surface area contributed by atoms with Crippen molar-refractivity contribution in [1.82, 2.24) is 14.5 Å². The fraction of sp³-hybridized carbons (Fsp3) is 0.235. The van der Waals surface area contributed by atoms with Crippen LogP contribution in [0.15, 0.2) is 36.5 Å². The SMILES string of the molecule is Cc1cccc(-c2nc3cc(C)cnc3n2CCC(N)=S)c1. The highest BCUT2D eigenvalue weighted by Gasteiger charge is 2.14. The van der Waals surface area contributed by atoms with Crippen LogP contribution in [0.1, 0.15) is 17.5 Å². The third kappa shape index (κ3) is 2.85. The van der Waals surface area contributed by atoms with E-state index in [2.05, 4.69) is 40.7 Å². The van der Waals surface area contributed by atoms with Gasteiger partial charge in [0, 0.05) is 24.7 Å². The van der Waals surface area contributed by atoms with Crippen molar-refractivity contribution in [1.29, 1.82) is 0 Å². The molecule has 0 saturated carbocycles. The van der Waals surface area contributed by atoms with Crippen molar-refractivity contribution in [3.63, 3.8) is 0 Å². The fourth-order valence-corrected chi connectivity index (χ4v) is 2.64. The summed E-state index contributed by atoms with van der Waals surface area (Å²) < 4.78 is 2.10. The molecule has 112 valence electrons. The first-order valence-corrected chi connectivity index (χ1v) is 7.63. The summed E-state index contributed by atoms with van der Waals surface area (Å²) in [5, 5.41) is 0. The first-order chi connectivity index (χ1) is 10.5. The first kappa shape index (κ1) is 14.7. The summed E-state index contributed by atoms with van der Waals surface area (Å²) in [4.78, 5) is 9.83. The molecule has 22 heavy (non-hydrogen) atoms. The van der Waals surface area contributed by atoms with Gasteiger partial charge in [-0.15, -0.1) is 0 Å². The summed E-state index contributed by atoms with van der Waals surface area (Å²) >= 11 is 5.02. The summed E-state index contributed by atoms with van der Waals surface area (Å²) in [7, 11) is 0. The van der Waals surface area contributed by atoms with Crippen LogP contribution in [-0.4, -0.2) is 19.5 Å². The number of imidazole rings is 1. The largest absolute Gasteiger partial charge is 0.393 e. The Labute approximate surface area is 135 Å². The van der Waals surface area contributed by atoms with Gasteiger partial charge < -0.3 is 10.3 Å². The number of rotatable bonds is 4. The molecule has 2 aromatic heterocycles. The molecule has 0 aliphatic carbocycles. The molecule has 0 unspecified atom stereocenters. The Morgan fingerprint density at radius 2 is 2.05 bits per heavy atom. The van der Waals surface area contributed by atoms with Crippen LogP contribution in [0.4, 0.5) is 0 Å². The number of hydrogen-bond donors (Lipinski definition) is 1. The number of fused-ring (bicyclic) bond motifs is 1. The Morgan fingerprint density at radius 1 is 1.23 bits per heavy atom. The van der Waals surface area contributed by atoms with E-state index in [9.17, 15) is 0 Å². The summed E-state index contributed by atoms with van der Waals surface area (Å²) in [5.74, 6) is 0.910. The van der Waals surface area contributed by atoms with Gasteiger partial charge in [0.25, 0.3) is 0 Å². The van der Waals surface area contributed by atoms with Gasteiger partial charge in [-0.1, -0.05) is 36.0 Å². The molecule has 4 nitrogen and oxygen atoms in total. The molecule has 0 saturated heterocycles. The van der Waals surface area contributed by atoms with Crippen molar-refractivity contribution >= 4 is 28.4 Å². The average molecular weight is 310 g/mol. The lowest BCUT2D eigenvalue weighted by molar-refractivity contribution is 0.749. The van der Waals surface area contributed by atoms with Crippen LogP contribution < -0.4 is 5.73 Å². The lowest BCUT2D eigenvalue weighted by Gasteiger charge is -2.08. The summed E-state index contributed by atoms with van der Waals surface area (Å²) in [6, 6.07) is 10.4. The van der Waals surface area contributed by atoms with Crippen LogP contribution in [0.2, 0.25) is 0 Å². The number of nitrogens with two attached hydrogens (primary N) is 1. The highest BCUT2D eigenvalue weighted by molar-refractivity contribution is 7.80. The molecule has 0 spiro atoms. The number of nitrogens with zero attached hydrogens (tertiary/aromatic N) is 3. The van der Waals surface area contributed by atoms with Crippen LogP contribution in [0.3, 0.4) is 0 Å². The second-order valence-electron chi connectivity index (χ2n) is 5.53. The van der Waals surface area contributed by atoms with Crippen molar-refractivity contribution in [3.05, 3.63) is 47.7 Å². The topological polar surface area (TPSA) is 56.7 Å². The van der Waals surface area contributed by atoms with Gasteiger partial charge in [-0.05, 0) is 31.5 Å². The van der Waals surface area contributed by atoms with E-state index in [0.717, 1.165) is 28.1 Å². The molecule has 0 bridgehead atoms. The Bertz CT molecular complexity index is 851. The van der Waals surface area contributed by atoms with E-state index in [0.29, 0.717) is 18.0 Å². The average Bonchev–Trinajstić information content (AvgIpc) is 2.82. The van der Waals surface area contributed by atoms with Crippen LogP contribution in [-0.2, 0) is 6.54 Å². The molecule has 2 heterocycles. The van der Waals surface area contributed by atoms with Gasteiger partial charge in [0.2, 0.25) is 0 Å². The highest BCUT2D eigenvalue weighted by Crippen LogP contribution is 2.25. The van der Waals surface area contributed by atoms with Crippen LogP contribution >= 0.6 is 12.2 Å². The predicted molar refractivity (Wildman–Crippen MR) is 93.8 cm³/mol. The van der Waals surface area contributed by atoms with Gasteiger partial charge in [0.05, 0.1) is 4.99 Å². The smallest absolute Gasteiger partial charge is 0.160 e. The molecule has 5 heteroatoms. The molecule has 0 amide bonds. The third-order valence-corrected chi connectivity index (χ3v) is 3.78. The Hall–Kier alpha value is -2.27. The van der Waals surface area contributed by atoms with E-state index in [1.807, 2.05) is 19.2 Å². The first-order valence-electron chi connectivity index (χ1n) is 7.23. The Kier molecular flexibility index (Phi) is 3.90. The fourth-order valence-electron chi connectivity index (χ4n) is 2.55. The Morgan fingerprint density at radius 3 is 2.77 bits per heavy atom. The predicted octanol–water partition coefficient (Wildman–Crippen LogP) is 3.39. The maximum atomic E-state index is 5.67. The van der Waals surface area contributed by atoms with E-state index in [1.54, 1.807) is 0 Å². The van der Waals surface area contributed by atoms with E-state index >= 15 is 0 Å². The highest BCUT2D eigenvalue weighted by atomic mass is 32.1. The van der Waals surface area contributed by atoms with Crippen LogP contribution in [0.5, 0.6) is 0 Å². The number of aryl methyl sites for hydroxylation is 3. The molecule has 1 aromatic carbocycles. The minimum atomic E-state index is 0.504.